The van der Waals surface area contributed by atoms with Crippen LogP contribution in [0, 0.1) is 17.7 Å². The summed E-state index contributed by atoms with van der Waals surface area (Å²) >= 11 is 6.14. The van der Waals surface area contributed by atoms with Crippen molar-refractivity contribution in [3.63, 3.8) is 0 Å². The number of imidazole rings is 1. The molecule has 4 N–H and O–H groups in total. The van der Waals surface area contributed by atoms with Crippen molar-refractivity contribution in [1.29, 1.82) is 0 Å². The summed E-state index contributed by atoms with van der Waals surface area (Å²) in [7, 11) is 1.54. The van der Waals surface area contributed by atoms with Gasteiger partial charge in [0.1, 0.15) is 11.9 Å². The van der Waals surface area contributed by atoms with Gasteiger partial charge in [-0.3, -0.25) is 4.79 Å². The highest BCUT2D eigenvalue weighted by Crippen LogP contribution is 2.28. The number of carbonyl (C=O) groups excluding carboxylic acids is 1. The number of halogens is 2. The van der Waals surface area contributed by atoms with Crippen LogP contribution in [-0.2, 0) is 11.3 Å². The van der Waals surface area contributed by atoms with E-state index in [-0.39, 0.29) is 30.4 Å². The van der Waals surface area contributed by atoms with Crippen LogP contribution in [0.2, 0.25) is 5.02 Å². The van der Waals surface area contributed by atoms with Crippen molar-refractivity contribution >= 4 is 34.5 Å². The van der Waals surface area contributed by atoms with Crippen molar-refractivity contribution < 1.29 is 19.4 Å². The van der Waals surface area contributed by atoms with E-state index in [0.29, 0.717) is 40.5 Å². The lowest BCUT2D eigenvalue weighted by Crippen LogP contribution is -2.35. The fraction of sp³-hybridized carbons (Fsp3) is 0.310. The number of nitrogens with zero attached hydrogens (tertiary/aromatic N) is 4. The minimum Gasteiger partial charge on any atom is -0.390 e. The van der Waals surface area contributed by atoms with Gasteiger partial charge in [-0.1, -0.05) is 36.6 Å². The molecular weight excluding hydrogens is 535 g/mol. The van der Waals surface area contributed by atoms with E-state index in [1.54, 1.807) is 36.7 Å². The number of hydrogen-bond acceptors (Lipinski definition) is 7. The monoisotopic (exact) mass is 564 g/mol. The predicted octanol–water partition coefficient (Wildman–Crippen LogP) is 3.83. The molecule has 4 rings (SSSR count). The number of aliphatic hydroxyl groups excluding tert-OH is 2. The molecule has 2 aromatic carbocycles. The number of fused-ring (bicyclic) bond motifs is 1. The van der Waals surface area contributed by atoms with Gasteiger partial charge in [-0.15, -0.1) is 0 Å². The molecule has 0 fully saturated rings. The van der Waals surface area contributed by atoms with E-state index in [4.69, 9.17) is 11.6 Å². The van der Waals surface area contributed by atoms with Crippen molar-refractivity contribution in [2.45, 2.75) is 51.0 Å². The van der Waals surface area contributed by atoms with E-state index >= 15 is 0 Å². The largest absolute Gasteiger partial charge is 0.390 e. The molecule has 3 atom stereocenters. The molecule has 0 aliphatic heterocycles. The maximum atomic E-state index is 13.3. The van der Waals surface area contributed by atoms with Gasteiger partial charge in [0, 0.05) is 30.6 Å². The standard InChI is InChI=1S/C29H30ClFN6O3/c1-3-23(38)27(40)22(12-14-25(39)32-2)37-17-34-26-28(33-16-19-5-4-6-20(30)15-19)35-24(36-29(26)37)13-9-18-7-10-21(31)11-8-18/h4-8,10-11,15,17,22-23,27,38,40H,3,12,14,16H2,1-2H3,(H,32,39)(H,33,35,36)/t22-,23-,27+/m1/s1. The Kier molecular flexibility index (Phi) is 9.66. The van der Waals surface area contributed by atoms with Crippen molar-refractivity contribution in [3.05, 3.63) is 82.6 Å². The van der Waals surface area contributed by atoms with Gasteiger partial charge in [-0.25, -0.2) is 19.3 Å². The highest BCUT2D eigenvalue weighted by atomic mass is 35.5. The van der Waals surface area contributed by atoms with Crippen LogP contribution in [0.4, 0.5) is 10.2 Å². The van der Waals surface area contributed by atoms with Gasteiger partial charge in [0.05, 0.1) is 18.5 Å². The molecule has 0 spiro atoms. The summed E-state index contributed by atoms with van der Waals surface area (Å²) in [6.45, 7) is 2.15. The third-order valence-corrected chi connectivity index (χ3v) is 6.68. The van der Waals surface area contributed by atoms with Gasteiger partial charge in [0.15, 0.2) is 17.0 Å². The quantitative estimate of drug-likeness (QED) is 0.216. The Morgan fingerprint density at radius 1 is 1.15 bits per heavy atom. The summed E-state index contributed by atoms with van der Waals surface area (Å²) in [6.07, 6.45) is -0.0154. The number of aliphatic hydroxyl groups is 2. The summed E-state index contributed by atoms with van der Waals surface area (Å²) in [5, 5.41) is 28.0. The van der Waals surface area contributed by atoms with Crippen molar-refractivity contribution in [1.82, 2.24) is 24.8 Å². The Bertz CT molecular complexity index is 1530. The number of nitrogens with one attached hydrogen (secondary N) is 2. The molecule has 208 valence electrons. The summed E-state index contributed by atoms with van der Waals surface area (Å²) in [4.78, 5) is 25.8. The minimum atomic E-state index is -1.18. The van der Waals surface area contributed by atoms with Crippen LogP contribution in [0.25, 0.3) is 11.2 Å². The Labute approximate surface area is 236 Å². The van der Waals surface area contributed by atoms with Gasteiger partial charge in [-0.2, -0.15) is 0 Å². The van der Waals surface area contributed by atoms with Crippen LogP contribution in [0.3, 0.4) is 0 Å². The summed E-state index contributed by atoms with van der Waals surface area (Å²) in [5.41, 5.74) is 2.30. The number of benzene rings is 2. The normalized spacial score (nSPS) is 13.2. The Morgan fingerprint density at radius 3 is 2.62 bits per heavy atom. The lowest BCUT2D eigenvalue weighted by Gasteiger charge is -2.27. The van der Waals surface area contributed by atoms with Crippen LogP contribution in [0.5, 0.6) is 0 Å². The van der Waals surface area contributed by atoms with E-state index < -0.39 is 18.2 Å². The number of amides is 1. The number of anilines is 1. The first-order chi connectivity index (χ1) is 19.3. The smallest absolute Gasteiger partial charge is 0.219 e. The van der Waals surface area contributed by atoms with Gasteiger partial charge in [0.2, 0.25) is 11.7 Å². The summed E-state index contributed by atoms with van der Waals surface area (Å²) in [6, 6.07) is 12.4. The first kappa shape index (κ1) is 29.0. The molecule has 0 aliphatic rings. The molecule has 40 heavy (non-hydrogen) atoms. The SMILES string of the molecule is CC[C@@H](O)[C@@H](O)[C@@H](CCC(=O)NC)n1cnc2c(NCc3cccc(Cl)c3)nc(C#Cc3ccc(F)cc3)nc21. The average molecular weight is 565 g/mol. The molecule has 4 aromatic rings. The van der Waals surface area contributed by atoms with E-state index in [9.17, 15) is 19.4 Å². The molecule has 0 unspecified atom stereocenters. The molecule has 9 nitrogen and oxygen atoms in total. The lowest BCUT2D eigenvalue weighted by atomic mass is 9.98. The Hall–Kier alpha value is -4.04. The number of aromatic nitrogens is 4. The minimum absolute atomic E-state index is 0.122. The zero-order valence-electron chi connectivity index (χ0n) is 22.1. The van der Waals surface area contributed by atoms with Crippen LogP contribution in [0.15, 0.2) is 54.9 Å². The van der Waals surface area contributed by atoms with Gasteiger partial charge >= 0.3 is 0 Å². The van der Waals surface area contributed by atoms with Crippen LogP contribution in [-0.4, -0.2) is 54.9 Å². The van der Waals surface area contributed by atoms with E-state index in [0.717, 1.165) is 5.56 Å². The van der Waals surface area contributed by atoms with Gasteiger partial charge in [-0.05, 0) is 60.7 Å². The molecule has 0 bridgehead atoms. The summed E-state index contributed by atoms with van der Waals surface area (Å²) in [5.74, 6) is 5.88. The van der Waals surface area contributed by atoms with E-state index in [1.807, 2.05) is 18.2 Å². The van der Waals surface area contributed by atoms with Gasteiger partial charge in [0.25, 0.3) is 0 Å². The fourth-order valence-electron chi connectivity index (χ4n) is 4.21. The summed E-state index contributed by atoms with van der Waals surface area (Å²) < 4.78 is 15.0. The third-order valence-electron chi connectivity index (χ3n) is 6.44. The lowest BCUT2D eigenvalue weighted by molar-refractivity contribution is -0.121. The topological polar surface area (TPSA) is 125 Å². The first-order valence-electron chi connectivity index (χ1n) is 12.9. The third kappa shape index (κ3) is 7.12. The van der Waals surface area contributed by atoms with Crippen LogP contribution in [0.1, 0.15) is 49.2 Å². The van der Waals surface area contributed by atoms with Crippen LogP contribution >= 0.6 is 11.6 Å². The van der Waals surface area contributed by atoms with Gasteiger partial charge < -0.3 is 25.4 Å². The molecule has 11 heteroatoms. The van der Waals surface area contributed by atoms with Crippen LogP contribution < -0.4 is 10.6 Å². The van der Waals surface area contributed by atoms with E-state index in [1.165, 1.54) is 18.5 Å². The molecular formula is C29H30ClFN6O3. The zero-order valence-corrected chi connectivity index (χ0v) is 22.9. The first-order valence-corrected chi connectivity index (χ1v) is 13.2. The molecule has 0 saturated heterocycles. The average Bonchev–Trinajstić information content (AvgIpc) is 3.38. The number of rotatable bonds is 10. The molecule has 0 radical (unpaired) electrons. The number of carbonyl (C=O) groups is 1. The molecule has 0 aliphatic carbocycles. The molecule has 2 aromatic heterocycles. The number of hydrogen-bond donors (Lipinski definition) is 4. The van der Waals surface area contributed by atoms with Crippen molar-refractivity contribution in [2.75, 3.05) is 12.4 Å². The highest BCUT2D eigenvalue weighted by molar-refractivity contribution is 6.30. The second-order valence-corrected chi connectivity index (χ2v) is 9.64. The second-order valence-electron chi connectivity index (χ2n) is 9.21. The molecule has 0 saturated carbocycles. The van der Waals surface area contributed by atoms with Crippen molar-refractivity contribution in [3.8, 4) is 11.8 Å². The Balaban J connectivity index is 1.78. The molecule has 1 amide bonds. The molecule has 2 heterocycles. The fourth-order valence-corrected chi connectivity index (χ4v) is 4.42. The highest BCUT2D eigenvalue weighted by Gasteiger charge is 2.29. The van der Waals surface area contributed by atoms with Crippen molar-refractivity contribution in [2.24, 2.45) is 0 Å². The second kappa shape index (κ2) is 13.3. The zero-order chi connectivity index (χ0) is 28.6. The maximum absolute atomic E-state index is 13.3. The predicted molar refractivity (Wildman–Crippen MR) is 151 cm³/mol. The maximum Gasteiger partial charge on any atom is 0.219 e. The van der Waals surface area contributed by atoms with E-state index in [2.05, 4.69) is 37.4 Å². The Morgan fingerprint density at radius 2 is 1.93 bits per heavy atom.